The second-order valence-corrected chi connectivity index (χ2v) is 5.44. The summed E-state index contributed by atoms with van der Waals surface area (Å²) in [5.74, 6) is -1.10. The number of methoxy groups -OCH3 is 1. The van der Waals surface area contributed by atoms with Gasteiger partial charge in [-0.15, -0.1) is 0 Å². The number of benzene rings is 1. The van der Waals surface area contributed by atoms with Crippen LogP contribution in [0.25, 0.3) is 0 Å². The van der Waals surface area contributed by atoms with E-state index >= 15 is 0 Å². The minimum atomic E-state index is -0.763. The fraction of sp³-hybridized carbons (Fsp3) is 0.333. The number of nitrogens with one attached hydrogen (secondary N) is 1. The number of hydrogen-bond donors (Lipinski definition) is 1. The third-order valence-corrected chi connectivity index (χ3v) is 3.58. The third-order valence-electron chi connectivity index (χ3n) is 3.58. The molecule has 0 spiro atoms. The molecule has 0 aliphatic heterocycles. The van der Waals surface area contributed by atoms with E-state index in [1.807, 2.05) is 30.3 Å². The quantitative estimate of drug-likeness (QED) is 0.582. The number of carbonyl (C=O) groups is 3. The molecule has 0 aliphatic rings. The summed E-state index contributed by atoms with van der Waals surface area (Å²) in [6, 6.07) is 9.15. The van der Waals surface area contributed by atoms with Crippen molar-refractivity contribution in [1.29, 1.82) is 0 Å². The predicted molar refractivity (Wildman–Crippen MR) is 94.6 cm³/mol. The zero-order valence-electron chi connectivity index (χ0n) is 15.4. The number of esters is 2. The Balaban J connectivity index is 2.16. The van der Waals surface area contributed by atoms with Crippen molar-refractivity contribution >= 4 is 18.0 Å². The molecule has 0 aliphatic carbocycles. The SMILES string of the molecule is CCOC(=O)Cc1nc(C(=O)OC)c(C)n1NC(=O)OCc1ccccc1. The Labute approximate surface area is 156 Å². The van der Waals surface area contributed by atoms with Crippen LogP contribution < -0.4 is 5.43 Å². The number of aromatic nitrogens is 2. The molecule has 0 fully saturated rings. The van der Waals surface area contributed by atoms with Crippen molar-refractivity contribution in [3.05, 3.63) is 53.1 Å². The lowest BCUT2D eigenvalue weighted by Gasteiger charge is -2.12. The molecule has 9 nitrogen and oxygen atoms in total. The number of imidazole rings is 1. The van der Waals surface area contributed by atoms with Gasteiger partial charge in [-0.25, -0.2) is 24.7 Å². The molecule has 144 valence electrons. The second kappa shape index (κ2) is 9.37. The molecule has 0 atom stereocenters. The predicted octanol–water partition coefficient (Wildman–Crippen LogP) is 1.96. The average molecular weight is 375 g/mol. The van der Waals surface area contributed by atoms with Gasteiger partial charge in [0.05, 0.1) is 19.4 Å². The van der Waals surface area contributed by atoms with Crippen molar-refractivity contribution in [2.24, 2.45) is 0 Å². The molecule has 1 aromatic carbocycles. The Bertz CT molecular complexity index is 816. The van der Waals surface area contributed by atoms with Gasteiger partial charge in [-0.1, -0.05) is 30.3 Å². The molecule has 1 heterocycles. The van der Waals surface area contributed by atoms with Crippen LogP contribution in [0.2, 0.25) is 0 Å². The number of rotatable bonds is 7. The normalized spacial score (nSPS) is 10.2. The van der Waals surface area contributed by atoms with E-state index in [0.717, 1.165) is 5.56 Å². The van der Waals surface area contributed by atoms with Gasteiger partial charge >= 0.3 is 18.0 Å². The summed E-state index contributed by atoms with van der Waals surface area (Å²) in [7, 11) is 1.22. The highest BCUT2D eigenvalue weighted by atomic mass is 16.6. The largest absolute Gasteiger partial charge is 0.466 e. The molecule has 0 saturated carbocycles. The van der Waals surface area contributed by atoms with Gasteiger partial charge in [0.15, 0.2) is 5.69 Å². The molecular weight excluding hydrogens is 354 g/mol. The van der Waals surface area contributed by atoms with Crippen molar-refractivity contribution in [1.82, 2.24) is 9.66 Å². The molecule has 2 aromatic rings. The molecule has 2 rings (SSSR count). The van der Waals surface area contributed by atoms with Gasteiger partial charge < -0.3 is 14.2 Å². The molecule has 1 amide bonds. The summed E-state index contributed by atoms with van der Waals surface area (Å²) in [4.78, 5) is 39.9. The van der Waals surface area contributed by atoms with E-state index in [9.17, 15) is 14.4 Å². The van der Waals surface area contributed by atoms with Gasteiger partial charge in [-0.2, -0.15) is 0 Å². The monoisotopic (exact) mass is 375 g/mol. The second-order valence-electron chi connectivity index (χ2n) is 5.44. The standard InChI is InChI=1S/C18H21N3O6/c1-4-26-15(22)10-14-19-16(17(23)25-3)12(2)21(14)20-18(24)27-11-13-8-6-5-7-9-13/h5-9H,4,10-11H2,1-3H3,(H,20,24). The molecule has 0 radical (unpaired) electrons. The van der Waals surface area contributed by atoms with Crippen molar-refractivity contribution < 1.29 is 28.6 Å². The maximum absolute atomic E-state index is 12.1. The van der Waals surface area contributed by atoms with Gasteiger partial charge in [0.1, 0.15) is 18.9 Å². The highest BCUT2D eigenvalue weighted by molar-refractivity contribution is 5.89. The Morgan fingerprint density at radius 2 is 1.85 bits per heavy atom. The number of nitrogens with zero attached hydrogens (tertiary/aromatic N) is 2. The first kappa shape index (κ1) is 20.0. The van der Waals surface area contributed by atoms with Crippen molar-refractivity contribution in [2.45, 2.75) is 26.9 Å². The lowest BCUT2D eigenvalue weighted by molar-refractivity contribution is -0.142. The Morgan fingerprint density at radius 3 is 2.48 bits per heavy atom. The Morgan fingerprint density at radius 1 is 1.15 bits per heavy atom. The van der Waals surface area contributed by atoms with Gasteiger partial charge in [-0.3, -0.25) is 4.79 Å². The van der Waals surface area contributed by atoms with E-state index < -0.39 is 18.0 Å². The summed E-state index contributed by atoms with van der Waals surface area (Å²) >= 11 is 0. The molecule has 0 unspecified atom stereocenters. The van der Waals surface area contributed by atoms with Gasteiger partial charge in [0.2, 0.25) is 0 Å². The number of amides is 1. The first-order chi connectivity index (χ1) is 13.0. The van der Waals surface area contributed by atoms with Crippen LogP contribution in [0.15, 0.2) is 30.3 Å². The highest BCUT2D eigenvalue weighted by Gasteiger charge is 2.23. The van der Waals surface area contributed by atoms with Crippen LogP contribution in [-0.4, -0.2) is 41.4 Å². The first-order valence-corrected chi connectivity index (χ1v) is 8.26. The summed E-state index contributed by atoms with van der Waals surface area (Å²) in [6.45, 7) is 3.51. The van der Waals surface area contributed by atoms with Crippen LogP contribution >= 0.6 is 0 Å². The van der Waals surface area contributed by atoms with E-state index in [4.69, 9.17) is 9.47 Å². The fourth-order valence-electron chi connectivity index (χ4n) is 2.30. The van der Waals surface area contributed by atoms with Crippen molar-refractivity contribution in [2.75, 3.05) is 19.1 Å². The summed E-state index contributed by atoms with van der Waals surface area (Å²) in [5.41, 5.74) is 3.58. The molecule has 0 saturated heterocycles. The van der Waals surface area contributed by atoms with E-state index in [1.54, 1.807) is 13.8 Å². The van der Waals surface area contributed by atoms with Crippen molar-refractivity contribution in [3.63, 3.8) is 0 Å². The molecular formula is C18H21N3O6. The van der Waals surface area contributed by atoms with Gasteiger partial charge in [0, 0.05) is 0 Å². The van der Waals surface area contributed by atoms with Crippen LogP contribution in [0.1, 0.15) is 34.5 Å². The van der Waals surface area contributed by atoms with Crippen molar-refractivity contribution in [3.8, 4) is 0 Å². The minimum Gasteiger partial charge on any atom is -0.466 e. The summed E-state index contributed by atoms with van der Waals surface area (Å²) < 4.78 is 15.9. The van der Waals surface area contributed by atoms with E-state index in [2.05, 4.69) is 15.1 Å². The lowest BCUT2D eigenvalue weighted by Crippen LogP contribution is -2.27. The fourth-order valence-corrected chi connectivity index (χ4v) is 2.30. The Kier molecular flexibility index (Phi) is 6.93. The molecule has 1 aromatic heterocycles. The van der Waals surface area contributed by atoms with Crippen LogP contribution in [0.5, 0.6) is 0 Å². The number of hydrogen-bond acceptors (Lipinski definition) is 7. The first-order valence-electron chi connectivity index (χ1n) is 8.26. The molecule has 27 heavy (non-hydrogen) atoms. The third kappa shape index (κ3) is 5.30. The highest BCUT2D eigenvalue weighted by Crippen LogP contribution is 2.12. The van der Waals surface area contributed by atoms with Gasteiger partial charge in [-0.05, 0) is 19.4 Å². The summed E-state index contributed by atoms with van der Waals surface area (Å²) in [5, 5.41) is 0. The molecule has 1 N–H and O–H groups in total. The Hall–Kier alpha value is -3.36. The zero-order valence-corrected chi connectivity index (χ0v) is 15.4. The van der Waals surface area contributed by atoms with Crippen LogP contribution in [0.4, 0.5) is 4.79 Å². The zero-order chi connectivity index (χ0) is 19.8. The smallest absolute Gasteiger partial charge is 0.426 e. The number of ether oxygens (including phenoxy) is 3. The minimum absolute atomic E-state index is 0.0137. The maximum atomic E-state index is 12.1. The molecule has 9 heteroatoms. The van der Waals surface area contributed by atoms with Crippen LogP contribution in [0.3, 0.4) is 0 Å². The number of carbonyl (C=O) groups excluding carboxylic acids is 3. The van der Waals surface area contributed by atoms with Gasteiger partial charge in [0.25, 0.3) is 0 Å². The molecule has 0 bridgehead atoms. The van der Waals surface area contributed by atoms with E-state index in [0.29, 0.717) is 5.69 Å². The van der Waals surface area contributed by atoms with E-state index in [1.165, 1.54) is 11.8 Å². The maximum Gasteiger partial charge on any atom is 0.426 e. The van der Waals surface area contributed by atoms with E-state index in [-0.39, 0.29) is 31.2 Å². The topological polar surface area (TPSA) is 109 Å². The lowest BCUT2D eigenvalue weighted by atomic mass is 10.2. The average Bonchev–Trinajstić information content (AvgIpc) is 2.96. The van der Waals surface area contributed by atoms with Crippen LogP contribution in [-0.2, 0) is 32.0 Å². The summed E-state index contributed by atoms with van der Waals surface area (Å²) in [6.07, 6.45) is -0.995. The van der Waals surface area contributed by atoms with Crippen LogP contribution in [0, 0.1) is 6.92 Å².